The van der Waals surface area contributed by atoms with E-state index >= 15 is 0 Å². The van der Waals surface area contributed by atoms with E-state index in [0.29, 0.717) is 36.5 Å². The van der Waals surface area contributed by atoms with Gasteiger partial charge in [0.25, 0.3) is 5.69 Å². The zero-order valence-electron chi connectivity index (χ0n) is 24.5. The average molecular weight is 644 g/mol. The lowest BCUT2D eigenvalue weighted by atomic mass is 10.0. The Morgan fingerprint density at radius 3 is 2.52 bits per heavy atom. The molecule has 1 saturated carbocycles. The number of benzene rings is 1. The Kier molecular flexibility index (Phi) is 7.55. The number of non-ortho nitro benzene ring substituents is 1. The van der Waals surface area contributed by atoms with Crippen molar-refractivity contribution in [1.82, 2.24) is 29.4 Å². The molecule has 2 saturated heterocycles. The molecule has 2 N–H and O–H groups in total. The van der Waals surface area contributed by atoms with Gasteiger partial charge in [0.2, 0.25) is 11.8 Å². The van der Waals surface area contributed by atoms with E-state index in [1.54, 1.807) is 16.8 Å². The number of ether oxygens (including phenoxy) is 1. The lowest BCUT2D eigenvalue weighted by Crippen LogP contribution is -2.40. The quantitative estimate of drug-likeness (QED) is 0.181. The Labute approximate surface area is 257 Å². The highest BCUT2D eigenvalue weighted by atomic mass is 19.4. The molecule has 0 bridgehead atoms. The van der Waals surface area contributed by atoms with Gasteiger partial charge >= 0.3 is 12.1 Å². The Morgan fingerprint density at radius 1 is 1.22 bits per heavy atom. The second-order valence-electron chi connectivity index (χ2n) is 12.0. The minimum Gasteiger partial charge on any atom is -0.475 e. The molecule has 5 heterocycles. The van der Waals surface area contributed by atoms with Gasteiger partial charge in [-0.1, -0.05) is 13.8 Å². The predicted octanol–water partition coefficient (Wildman–Crippen LogP) is 3.02. The van der Waals surface area contributed by atoms with Crippen molar-refractivity contribution in [3.8, 4) is 11.3 Å². The number of nitrogens with zero attached hydrogens (tertiary/aromatic N) is 6. The van der Waals surface area contributed by atoms with Crippen LogP contribution in [0, 0.1) is 27.4 Å². The van der Waals surface area contributed by atoms with E-state index < -0.39 is 17.1 Å². The number of nitro groups is 1. The molecule has 2 amide bonds. The lowest BCUT2D eigenvalue weighted by Gasteiger charge is -2.24. The van der Waals surface area contributed by atoms with Gasteiger partial charge in [-0.25, -0.2) is 14.3 Å². The number of carboxylic acid groups (broad SMARTS) is 1. The van der Waals surface area contributed by atoms with Crippen LogP contribution in [-0.2, 0) is 32.2 Å². The molecule has 0 radical (unpaired) electrons. The Balaban J connectivity index is 0.000000480. The number of piperidine rings is 1. The zero-order valence-corrected chi connectivity index (χ0v) is 24.5. The Hall–Kier alpha value is -4.90. The smallest absolute Gasteiger partial charge is 0.475 e. The number of hydrogen-bond acceptors (Lipinski definition) is 9. The van der Waals surface area contributed by atoms with Crippen LogP contribution < -0.4 is 5.32 Å². The maximum Gasteiger partial charge on any atom is 0.490 e. The van der Waals surface area contributed by atoms with Crippen molar-refractivity contribution in [2.75, 3.05) is 19.7 Å². The number of morpholine rings is 1. The summed E-state index contributed by atoms with van der Waals surface area (Å²) >= 11 is 0. The Morgan fingerprint density at radius 2 is 1.91 bits per heavy atom. The molecule has 7 rings (SSSR count). The minimum atomic E-state index is -5.08. The first kappa shape index (κ1) is 31.1. The maximum atomic E-state index is 12.9. The molecule has 46 heavy (non-hydrogen) atoms. The van der Waals surface area contributed by atoms with Gasteiger partial charge in [0.05, 0.1) is 53.6 Å². The third kappa shape index (κ3) is 5.44. The fourth-order valence-corrected chi connectivity index (χ4v) is 6.35. The average Bonchev–Trinajstić information content (AvgIpc) is 3.34. The number of halogens is 3. The standard InChI is InChI=1S/C27H27N7O5.C2HF3O2/c1-27(2)21-22(27)26(36)32(25(21)35)11-15-7-20-23(29-14-30-33(20)12-15)19-9-17(34(37)38)8-16-3-5-31(24(16)19)13-18-10-28-4-6-39-18;3-2(4,5)1(6)7/h3,5,7-9,12,14,18,21-22,28H,4,6,10-11,13H2,1-2H3;(H,6,7)/t18-,21?,22?;/m0./s1. The van der Waals surface area contributed by atoms with Crippen molar-refractivity contribution in [1.29, 1.82) is 0 Å². The fourth-order valence-electron chi connectivity index (χ4n) is 6.35. The third-order valence-corrected chi connectivity index (χ3v) is 8.65. The van der Waals surface area contributed by atoms with Crippen molar-refractivity contribution in [3.05, 3.63) is 58.7 Å². The van der Waals surface area contributed by atoms with Crippen LogP contribution in [0.1, 0.15) is 19.4 Å². The molecule has 3 aliphatic rings. The van der Waals surface area contributed by atoms with Crippen molar-refractivity contribution >= 4 is 39.9 Å². The monoisotopic (exact) mass is 643 g/mol. The molecule has 2 aliphatic heterocycles. The van der Waals surface area contributed by atoms with E-state index in [4.69, 9.17) is 14.6 Å². The largest absolute Gasteiger partial charge is 0.490 e. The highest BCUT2D eigenvalue weighted by Gasteiger charge is 2.72. The van der Waals surface area contributed by atoms with Gasteiger partial charge in [-0.15, -0.1) is 0 Å². The number of amides is 2. The molecule has 2 unspecified atom stereocenters. The van der Waals surface area contributed by atoms with E-state index in [0.717, 1.165) is 23.0 Å². The number of likely N-dealkylation sites (tertiary alicyclic amines) is 1. The number of imide groups is 1. The SMILES string of the molecule is CC1(C)C2C(=O)N(Cc3cc4c(-c5cc([N+](=O)[O-])cc6ccn(C[C@@H]7CNCCO7)c56)ncnn4c3)C(=O)C21.O=C(O)C(F)(F)F. The fraction of sp³-hybridized carbons (Fsp3) is 0.414. The van der Waals surface area contributed by atoms with Gasteiger partial charge in [0, 0.05) is 48.6 Å². The van der Waals surface area contributed by atoms with E-state index in [-0.39, 0.29) is 47.4 Å². The summed E-state index contributed by atoms with van der Waals surface area (Å²) in [7, 11) is 0. The topological polar surface area (TPSA) is 174 Å². The highest BCUT2D eigenvalue weighted by molar-refractivity contribution is 6.10. The summed E-state index contributed by atoms with van der Waals surface area (Å²) in [4.78, 5) is 52.0. The normalized spacial score (nSPS) is 22.1. The highest BCUT2D eigenvalue weighted by Crippen LogP contribution is 2.63. The second kappa shape index (κ2) is 11.2. The van der Waals surface area contributed by atoms with Crippen molar-refractivity contribution in [2.24, 2.45) is 17.3 Å². The summed E-state index contributed by atoms with van der Waals surface area (Å²) in [5.41, 5.74) is 2.99. The third-order valence-electron chi connectivity index (χ3n) is 8.65. The van der Waals surface area contributed by atoms with Crippen LogP contribution in [0.4, 0.5) is 18.9 Å². The van der Waals surface area contributed by atoms with Gasteiger partial charge < -0.3 is 19.7 Å². The predicted molar refractivity (Wildman–Crippen MR) is 153 cm³/mol. The summed E-state index contributed by atoms with van der Waals surface area (Å²) in [6.45, 7) is 6.79. The van der Waals surface area contributed by atoms with Crippen LogP contribution >= 0.6 is 0 Å². The van der Waals surface area contributed by atoms with Crippen molar-refractivity contribution in [3.63, 3.8) is 0 Å². The van der Waals surface area contributed by atoms with E-state index in [1.807, 2.05) is 36.7 Å². The Bertz CT molecular complexity index is 1870. The van der Waals surface area contributed by atoms with Gasteiger partial charge in [-0.05, 0) is 23.1 Å². The summed E-state index contributed by atoms with van der Waals surface area (Å²) in [5.74, 6) is -3.51. The molecule has 17 heteroatoms. The number of carboxylic acids is 1. The number of carbonyl (C=O) groups is 3. The minimum absolute atomic E-state index is 0.0329. The van der Waals surface area contributed by atoms with E-state index in [1.165, 1.54) is 17.3 Å². The molecule has 1 aliphatic carbocycles. The number of aliphatic carboxylic acids is 1. The number of alkyl halides is 3. The molecule has 4 aromatic rings. The number of rotatable bonds is 6. The van der Waals surface area contributed by atoms with Crippen molar-refractivity contribution in [2.45, 2.75) is 39.2 Å². The number of fused-ring (bicyclic) bond motifs is 3. The van der Waals surface area contributed by atoms with Crippen LogP contribution in [0.25, 0.3) is 27.7 Å². The number of hydrogen-bond donors (Lipinski definition) is 2. The number of nitro benzene ring substituents is 1. The second-order valence-corrected chi connectivity index (χ2v) is 12.0. The lowest BCUT2D eigenvalue weighted by molar-refractivity contribution is -0.384. The summed E-state index contributed by atoms with van der Waals surface area (Å²) in [6, 6.07) is 6.81. The van der Waals surface area contributed by atoms with Gasteiger partial charge in [-0.2, -0.15) is 18.3 Å². The first-order valence-electron chi connectivity index (χ1n) is 14.3. The summed E-state index contributed by atoms with van der Waals surface area (Å²) in [6.07, 6.45) is -0.0304. The summed E-state index contributed by atoms with van der Waals surface area (Å²) in [5, 5.41) is 27.3. The van der Waals surface area contributed by atoms with Crippen molar-refractivity contribution < 1.29 is 42.3 Å². The number of aromatic nitrogens is 4. The molecular weight excluding hydrogens is 615 g/mol. The molecule has 14 nitrogen and oxygen atoms in total. The van der Waals surface area contributed by atoms with Crippen LogP contribution in [0.5, 0.6) is 0 Å². The number of carbonyl (C=O) groups excluding carboxylic acids is 2. The maximum absolute atomic E-state index is 12.9. The molecule has 3 atom stereocenters. The first-order chi connectivity index (χ1) is 21.7. The molecular formula is C29H28F3N7O7. The van der Waals surface area contributed by atoms with Gasteiger partial charge in [0.15, 0.2) is 0 Å². The molecule has 0 spiro atoms. The first-order valence-corrected chi connectivity index (χ1v) is 14.3. The van der Waals surface area contributed by atoms with Crippen LogP contribution in [0.15, 0.2) is 43.0 Å². The van der Waals surface area contributed by atoms with E-state index in [2.05, 4.69) is 15.4 Å². The molecule has 1 aromatic carbocycles. The number of nitrogens with one attached hydrogen (secondary N) is 1. The van der Waals surface area contributed by atoms with Crippen LogP contribution in [0.3, 0.4) is 0 Å². The van der Waals surface area contributed by atoms with Gasteiger partial charge in [0.1, 0.15) is 12.0 Å². The van der Waals surface area contributed by atoms with E-state index in [9.17, 15) is 32.9 Å². The van der Waals surface area contributed by atoms with Gasteiger partial charge in [-0.3, -0.25) is 24.6 Å². The molecule has 3 aromatic heterocycles. The molecule has 3 fully saturated rings. The summed E-state index contributed by atoms with van der Waals surface area (Å²) < 4.78 is 41.3. The zero-order chi connectivity index (χ0) is 33.1. The van der Waals surface area contributed by atoms with Crippen LogP contribution in [0.2, 0.25) is 0 Å². The molecule has 242 valence electrons. The van der Waals surface area contributed by atoms with Crippen LogP contribution in [-0.4, -0.2) is 83.9 Å².